The SMILES string of the molecule is CCOc1ccc(C(=O)NC2CCCCCC2)cc1CN(C)S(=O)(=O)c1ccc(C)cc1. The van der Waals surface area contributed by atoms with E-state index in [1.165, 1.54) is 17.1 Å². The van der Waals surface area contributed by atoms with Crippen LogP contribution in [-0.4, -0.2) is 38.3 Å². The maximum atomic E-state index is 13.0. The van der Waals surface area contributed by atoms with Crippen molar-refractivity contribution < 1.29 is 17.9 Å². The van der Waals surface area contributed by atoms with Crippen molar-refractivity contribution in [2.45, 2.75) is 69.9 Å². The van der Waals surface area contributed by atoms with Gasteiger partial charge in [-0.15, -0.1) is 0 Å². The number of aryl methyl sites for hydroxylation is 1. The summed E-state index contributed by atoms with van der Waals surface area (Å²) in [5.41, 5.74) is 2.19. The molecule has 0 heterocycles. The Kier molecular flexibility index (Phi) is 8.32. The van der Waals surface area contributed by atoms with Crippen molar-refractivity contribution in [2.75, 3.05) is 13.7 Å². The van der Waals surface area contributed by atoms with Gasteiger partial charge in [0.2, 0.25) is 10.0 Å². The molecule has 1 aliphatic carbocycles. The Hall–Kier alpha value is -2.38. The van der Waals surface area contributed by atoms with Crippen molar-refractivity contribution in [3.05, 3.63) is 59.2 Å². The Bertz CT molecular complexity index is 1010. The molecule has 3 rings (SSSR count). The highest BCUT2D eigenvalue weighted by molar-refractivity contribution is 7.89. The first-order chi connectivity index (χ1) is 15.3. The molecule has 0 radical (unpaired) electrons. The Labute approximate surface area is 192 Å². The summed E-state index contributed by atoms with van der Waals surface area (Å²) in [5.74, 6) is 0.467. The van der Waals surface area contributed by atoms with Gasteiger partial charge in [0, 0.05) is 30.8 Å². The van der Waals surface area contributed by atoms with Crippen LogP contribution in [0.1, 0.15) is 66.9 Å². The van der Waals surface area contributed by atoms with Gasteiger partial charge < -0.3 is 10.1 Å². The zero-order valence-electron chi connectivity index (χ0n) is 19.3. The predicted octanol–water partition coefficient (Wildman–Crippen LogP) is 4.67. The van der Waals surface area contributed by atoms with Gasteiger partial charge in [-0.3, -0.25) is 4.79 Å². The van der Waals surface area contributed by atoms with E-state index < -0.39 is 10.0 Å². The number of nitrogens with one attached hydrogen (secondary N) is 1. The smallest absolute Gasteiger partial charge is 0.251 e. The molecule has 32 heavy (non-hydrogen) atoms. The van der Waals surface area contributed by atoms with E-state index in [-0.39, 0.29) is 23.4 Å². The number of hydrogen-bond acceptors (Lipinski definition) is 4. The number of carbonyl (C=O) groups excluding carboxylic acids is 1. The van der Waals surface area contributed by atoms with Gasteiger partial charge in [-0.05, 0) is 57.0 Å². The van der Waals surface area contributed by atoms with Crippen LogP contribution in [0.2, 0.25) is 0 Å². The van der Waals surface area contributed by atoms with Gasteiger partial charge in [-0.25, -0.2) is 8.42 Å². The molecule has 0 aromatic heterocycles. The van der Waals surface area contributed by atoms with Crippen molar-refractivity contribution in [1.29, 1.82) is 0 Å². The Morgan fingerprint density at radius 3 is 2.34 bits per heavy atom. The van der Waals surface area contributed by atoms with Gasteiger partial charge in [0.05, 0.1) is 11.5 Å². The van der Waals surface area contributed by atoms with Crippen molar-refractivity contribution in [1.82, 2.24) is 9.62 Å². The lowest BCUT2D eigenvalue weighted by atomic mass is 10.1. The van der Waals surface area contributed by atoms with Crippen molar-refractivity contribution in [3.8, 4) is 5.75 Å². The molecule has 1 saturated carbocycles. The summed E-state index contributed by atoms with van der Waals surface area (Å²) in [6.45, 7) is 4.36. The second-order valence-electron chi connectivity index (χ2n) is 8.49. The Morgan fingerprint density at radius 1 is 1.06 bits per heavy atom. The average molecular weight is 459 g/mol. The lowest BCUT2D eigenvalue weighted by molar-refractivity contribution is 0.0933. The van der Waals surface area contributed by atoms with Gasteiger partial charge >= 0.3 is 0 Å². The highest BCUT2D eigenvalue weighted by atomic mass is 32.2. The maximum absolute atomic E-state index is 13.0. The predicted molar refractivity (Wildman–Crippen MR) is 126 cm³/mol. The molecule has 1 aliphatic rings. The van der Waals surface area contributed by atoms with E-state index in [4.69, 9.17) is 4.74 Å². The van der Waals surface area contributed by atoms with Crippen molar-refractivity contribution >= 4 is 15.9 Å². The van der Waals surface area contributed by atoms with Gasteiger partial charge in [0.1, 0.15) is 5.75 Å². The molecule has 1 amide bonds. The fourth-order valence-corrected chi connectivity index (χ4v) is 5.20. The summed E-state index contributed by atoms with van der Waals surface area (Å²) in [7, 11) is -2.12. The number of hydrogen-bond donors (Lipinski definition) is 1. The van der Waals surface area contributed by atoms with E-state index in [0.29, 0.717) is 23.5 Å². The number of benzene rings is 2. The second kappa shape index (κ2) is 11.0. The van der Waals surface area contributed by atoms with Crippen LogP contribution in [0.4, 0.5) is 0 Å². The third kappa shape index (κ3) is 6.11. The van der Waals surface area contributed by atoms with Crippen LogP contribution in [-0.2, 0) is 16.6 Å². The molecule has 0 spiro atoms. The summed E-state index contributed by atoms with van der Waals surface area (Å²) < 4.78 is 33.1. The van der Waals surface area contributed by atoms with Crippen LogP contribution in [0.25, 0.3) is 0 Å². The van der Waals surface area contributed by atoms with Crippen molar-refractivity contribution in [3.63, 3.8) is 0 Å². The molecule has 1 fully saturated rings. The molecular formula is C25H34N2O4S. The van der Waals surface area contributed by atoms with Crippen LogP contribution >= 0.6 is 0 Å². The molecule has 6 nitrogen and oxygen atoms in total. The average Bonchev–Trinajstić information content (AvgIpc) is 3.04. The zero-order chi connectivity index (χ0) is 23.1. The molecule has 0 unspecified atom stereocenters. The first kappa shape index (κ1) is 24.3. The van der Waals surface area contributed by atoms with Gasteiger partial charge in [-0.1, -0.05) is 43.4 Å². The molecule has 0 atom stereocenters. The summed E-state index contributed by atoms with van der Waals surface area (Å²) in [5, 5.41) is 3.16. The zero-order valence-corrected chi connectivity index (χ0v) is 20.1. The van der Waals surface area contributed by atoms with Crippen molar-refractivity contribution in [2.24, 2.45) is 0 Å². The first-order valence-electron chi connectivity index (χ1n) is 11.4. The number of rotatable bonds is 8. The lowest BCUT2D eigenvalue weighted by Gasteiger charge is -2.21. The standard InChI is InChI=1S/C25H34N2O4S/c1-4-31-24-16-13-20(25(28)26-22-9-7-5-6-8-10-22)17-21(24)18-27(3)32(29,30)23-14-11-19(2)12-15-23/h11-17,22H,4-10,18H2,1-3H3,(H,26,28). The van der Waals surface area contributed by atoms with Crippen LogP contribution in [0.5, 0.6) is 5.75 Å². The number of amides is 1. The van der Waals surface area contributed by atoms with E-state index in [2.05, 4.69) is 5.32 Å². The van der Waals surface area contributed by atoms with E-state index in [0.717, 1.165) is 31.2 Å². The maximum Gasteiger partial charge on any atom is 0.251 e. The molecule has 0 bridgehead atoms. The summed E-state index contributed by atoms with van der Waals surface area (Å²) in [6, 6.07) is 12.2. The van der Waals surface area contributed by atoms with Crippen LogP contribution in [0.15, 0.2) is 47.4 Å². The normalized spacial score (nSPS) is 15.4. The van der Waals surface area contributed by atoms with Crippen LogP contribution in [0, 0.1) is 6.92 Å². The monoisotopic (exact) mass is 458 g/mol. The summed E-state index contributed by atoms with van der Waals surface area (Å²) in [6.07, 6.45) is 6.74. The van der Waals surface area contributed by atoms with Crippen LogP contribution in [0.3, 0.4) is 0 Å². The fraction of sp³-hybridized carbons (Fsp3) is 0.480. The fourth-order valence-electron chi connectivity index (χ4n) is 4.05. The minimum Gasteiger partial charge on any atom is -0.494 e. The van der Waals surface area contributed by atoms with Gasteiger partial charge in [0.25, 0.3) is 5.91 Å². The quantitative estimate of drug-likeness (QED) is 0.584. The van der Waals surface area contributed by atoms with Gasteiger partial charge in [0.15, 0.2) is 0 Å². The van der Waals surface area contributed by atoms with E-state index in [1.807, 2.05) is 13.8 Å². The Morgan fingerprint density at radius 2 is 1.72 bits per heavy atom. The minimum atomic E-state index is -3.67. The lowest BCUT2D eigenvalue weighted by Crippen LogP contribution is -2.34. The number of carbonyl (C=O) groups is 1. The molecule has 7 heteroatoms. The third-order valence-corrected chi connectivity index (χ3v) is 7.75. The molecule has 0 saturated heterocycles. The molecule has 1 N–H and O–H groups in total. The summed E-state index contributed by atoms with van der Waals surface area (Å²) in [4.78, 5) is 13.1. The molecule has 174 valence electrons. The first-order valence-corrected chi connectivity index (χ1v) is 12.8. The topological polar surface area (TPSA) is 75.7 Å². The van der Waals surface area contributed by atoms with E-state index in [9.17, 15) is 13.2 Å². The number of nitrogens with zero attached hydrogens (tertiary/aromatic N) is 1. The molecular weight excluding hydrogens is 424 g/mol. The summed E-state index contributed by atoms with van der Waals surface area (Å²) >= 11 is 0. The molecule has 0 aliphatic heterocycles. The highest BCUT2D eigenvalue weighted by Gasteiger charge is 2.23. The van der Waals surface area contributed by atoms with E-state index in [1.54, 1.807) is 49.5 Å². The molecule has 2 aromatic rings. The largest absolute Gasteiger partial charge is 0.494 e. The minimum absolute atomic E-state index is 0.107. The second-order valence-corrected chi connectivity index (χ2v) is 10.5. The van der Waals surface area contributed by atoms with Crippen LogP contribution < -0.4 is 10.1 Å². The Balaban J connectivity index is 1.80. The number of ether oxygens (including phenoxy) is 1. The van der Waals surface area contributed by atoms with Gasteiger partial charge in [-0.2, -0.15) is 4.31 Å². The third-order valence-electron chi connectivity index (χ3n) is 5.94. The van der Waals surface area contributed by atoms with E-state index >= 15 is 0 Å². The highest BCUT2D eigenvalue weighted by Crippen LogP contribution is 2.25. The molecule has 2 aromatic carbocycles. The number of sulfonamides is 1.